The second-order valence-corrected chi connectivity index (χ2v) is 6.11. The van der Waals surface area contributed by atoms with Gasteiger partial charge in [-0.2, -0.15) is 4.37 Å². The summed E-state index contributed by atoms with van der Waals surface area (Å²) in [5, 5.41) is 0.817. The maximum Gasteiger partial charge on any atom is 0.203 e. The highest BCUT2D eigenvalue weighted by atomic mass is 127. The van der Waals surface area contributed by atoms with Crippen LogP contribution in [0.4, 0.5) is 0 Å². The van der Waals surface area contributed by atoms with Gasteiger partial charge in [-0.3, -0.25) is 0 Å². The van der Waals surface area contributed by atoms with E-state index in [9.17, 15) is 0 Å². The SMILES string of the molecule is Clc1cc(-c2nc(I)ns2)c(Cl)s1. The molecular formula is C6HCl2IN2S2. The lowest BCUT2D eigenvalue weighted by Crippen LogP contribution is -1.73. The molecule has 2 heterocycles. The number of thiophene rings is 1. The third-order valence-electron chi connectivity index (χ3n) is 1.29. The number of aromatic nitrogens is 2. The zero-order chi connectivity index (χ0) is 9.42. The smallest absolute Gasteiger partial charge is 0.203 e. The predicted octanol–water partition coefficient (Wildman–Crippen LogP) is 4.18. The predicted molar refractivity (Wildman–Crippen MR) is 66.0 cm³/mol. The first-order valence-corrected chi connectivity index (χ1v) is 6.53. The van der Waals surface area contributed by atoms with E-state index in [1.807, 2.05) is 6.07 Å². The maximum absolute atomic E-state index is 5.96. The Balaban J connectivity index is 2.51. The average molecular weight is 363 g/mol. The first-order valence-electron chi connectivity index (χ1n) is 3.11. The molecule has 0 aliphatic heterocycles. The zero-order valence-corrected chi connectivity index (χ0v) is 11.2. The molecule has 0 N–H and O–H groups in total. The van der Waals surface area contributed by atoms with Crippen LogP contribution >= 0.6 is 68.7 Å². The first kappa shape index (κ1) is 10.1. The second kappa shape index (κ2) is 3.98. The van der Waals surface area contributed by atoms with E-state index in [-0.39, 0.29) is 0 Å². The molecule has 0 aliphatic rings. The lowest BCUT2D eigenvalue weighted by Gasteiger charge is -1.87. The lowest BCUT2D eigenvalue weighted by molar-refractivity contribution is 1.25. The van der Waals surface area contributed by atoms with Crippen LogP contribution in [0.2, 0.25) is 8.67 Å². The van der Waals surface area contributed by atoms with E-state index in [0.29, 0.717) is 8.67 Å². The van der Waals surface area contributed by atoms with Crippen LogP contribution in [-0.4, -0.2) is 9.36 Å². The van der Waals surface area contributed by atoms with E-state index in [4.69, 9.17) is 23.2 Å². The van der Waals surface area contributed by atoms with E-state index in [2.05, 4.69) is 31.9 Å². The summed E-state index contributed by atoms with van der Waals surface area (Å²) < 4.78 is 6.13. The molecule has 0 fully saturated rings. The van der Waals surface area contributed by atoms with Crippen molar-refractivity contribution in [1.29, 1.82) is 0 Å². The van der Waals surface area contributed by atoms with Gasteiger partial charge in [0.15, 0.2) is 0 Å². The summed E-state index contributed by atoms with van der Waals surface area (Å²) in [6.45, 7) is 0. The molecule has 0 amide bonds. The van der Waals surface area contributed by atoms with Crippen LogP contribution in [-0.2, 0) is 0 Å². The summed E-state index contributed by atoms with van der Waals surface area (Å²) in [4.78, 5) is 4.21. The molecule has 0 saturated heterocycles. The lowest BCUT2D eigenvalue weighted by atomic mass is 10.4. The van der Waals surface area contributed by atoms with Gasteiger partial charge in [0.2, 0.25) is 3.83 Å². The van der Waals surface area contributed by atoms with Gasteiger partial charge in [0.1, 0.15) is 9.34 Å². The van der Waals surface area contributed by atoms with Crippen LogP contribution in [0.1, 0.15) is 0 Å². The van der Waals surface area contributed by atoms with Crippen molar-refractivity contribution in [2.45, 2.75) is 0 Å². The van der Waals surface area contributed by atoms with Crippen molar-refractivity contribution in [3.63, 3.8) is 0 Å². The van der Waals surface area contributed by atoms with Crippen LogP contribution in [0.15, 0.2) is 6.07 Å². The zero-order valence-electron chi connectivity index (χ0n) is 5.92. The number of hydrogen-bond donors (Lipinski definition) is 0. The van der Waals surface area contributed by atoms with E-state index < -0.39 is 0 Å². The molecule has 0 spiro atoms. The minimum atomic E-state index is 0.664. The van der Waals surface area contributed by atoms with Gasteiger partial charge in [-0.25, -0.2) is 4.98 Å². The fraction of sp³-hybridized carbons (Fsp3) is 0. The van der Waals surface area contributed by atoms with Gasteiger partial charge in [-0.05, 0) is 17.6 Å². The van der Waals surface area contributed by atoms with Crippen molar-refractivity contribution in [3.05, 3.63) is 18.6 Å². The molecule has 0 bridgehead atoms. The van der Waals surface area contributed by atoms with Crippen LogP contribution in [0.3, 0.4) is 0 Å². The molecule has 2 nitrogen and oxygen atoms in total. The standard InChI is InChI=1S/C6HCl2IN2S2/c7-3-1-2(4(8)12-3)5-10-6(9)11-13-5/h1H. The minimum Gasteiger partial charge on any atom is -0.209 e. The summed E-state index contributed by atoms with van der Waals surface area (Å²) >= 11 is 16.5. The average Bonchev–Trinajstić information content (AvgIpc) is 2.58. The van der Waals surface area contributed by atoms with Crippen molar-refractivity contribution < 1.29 is 0 Å². The van der Waals surface area contributed by atoms with Gasteiger partial charge >= 0.3 is 0 Å². The third-order valence-corrected chi connectivity index (χ3v) is 4.33. The Kier molecular flexibility index (Phi) is 3.09. The molecule has 0 atom stereocenters. The normalized spacial score (nSPS) is 10.7. The monoisotopic (exact) mass is 362 g/mol. The quantitative estimate of drug-likeness (QED) is 0.711. The fourth-order valence-electron chi connectivity index (χ4n) is 0.801. The van der Waals surface area contributed by atoms with Crippen LogP contribution < -0.4 is 0 Å². The molecular weight excluding hydrogens is 362 g/mol. The van der Waals surface area contributed by atoms with Gasteiger partial charge in [-0.15, -0.1) is 11.3 Å². The maximum atomic E-state index is 5.96. The molecule has 2 aromatic heterocycles. The minimum absolute atomic E-state index is 0.664. The van der Waals surface area contributed by atoms with Gasteiger partial charge in [0.05, 0.1) is 4.34 Å². The molecule has 13 heavy (non-hydrogen) atoms. The van der Waals surface area contributed by atoms with Crippen LogP contribution in [0.25, 0.3) is 10.6 Å². The number of halogens is 3. The van der Waals surface area contributed by atoms with Crippen molar-refractivity contribution >= 4 is 68.7 Å². The summed E-state index contributed by atoms with van der Waals surface area (Å²) in [5.41, 5.74) is 0.872. The Hall–Kier alpha value is 0.570. The number of rotatable bonds is 1. The molecule has 2 rings (SSSR count). The van der Waals surface area contributed by atoms with Gasteiger partial charge < -0.3 is 0 Å². The Bertz CT molecular complexity index is 440. The molecule has 0 radical (unpaired) electrons. The summed E-state index contributed by atoms with van der Waals surface area (Å²) in [6.07, 6.45) is 0. The van der Waals surface area contributed by atoms with Gasteiger partial charge in [0, 0.05) is 28.2 Å². The number of hydrogen-bond acceptors (Lipinski definition) is 4. The molecule has 0 saturated carbocycles. The summed E-state index contributed by atoms with van der Waals surface area (Å²) in [7, 11) is 0. The van der Waals surface area contributed by atoms with Crippen LogP contribution in [0.5, 0.6) is 0 Å². The van der Waals surface area contributed by atoms with Crippen LogP contribution in [0, 0.1) is 3.83 Å². The highest BCUT2D eigenvalue weighted by molar-refractivity contribution is 14.1. The largest absolute Gasteiger partial charge is 0.209 e. The second-order valence-electron chi connectivity index (χ2n) is 2.11. The Labute approximate surface area is 106 Å². The molecule has 2 aromatic rings. The number of nitrogens with zero attached hydrogens (tertiary/aromatic N) is 2. The summed E-state index contributed by atoms with van der Waals surface area (Å²) in [6, 6.07) is 1.81. The molecule has 0 unspecified atom stereocenters. The van der Waals surface area contributed by atoms with E-state index in [1.165, 1.54) is 22.9 Å². The first-order chi connectivity index (χ1) is 6.16. The molecule has 0 aliphatic carbocycles. The van der Waals surface area contributed by atoms with E-state index in [1.54, 1.807) is 0 Å². The van der Waals surface area contributed by atoms with E-state index in [0.717, 1.165) is 14.4 Å². The topological polar surface area (TPSA) is 25.8 Å². The van der Waals surface area contributed by atoms with Gasteiger partial charge in [-0.1, -0.05) is 23.2 Å². The Morgan fingerprint density at radius 3 is 2.62 bits per heavy atom. The Morgan fingerprint density at radius 2 is 2.15 bits per heavy atom. The van der Waals surface area contributed by atoms with Crippen molar-refractivity contribution in [2.75, 3.05) is 0 Å². The summed E-state index contributed by atoms with van der Waals surface area (Å²) in [5.74, 6) is 0. The van der Waals surface area contributed by atoms with Crippen molar-refractivity contribution in [3.8, 4) is 10.6 Å². The Morgan fingerprint density at radius 1 is 1.38 bits per heavy atom. The van der Waals surface area contributed by atoms with Gasteiger partial charge in [0.25, 0.3) is 0 Å². The molecule has 7 heteroatoms. The highest BCUT2D eigenvalue weighted by Crippen LogP contribution is 2.38. The fourth-order valence-corrected chi connectivity index (χ4v) is 3.68. The van der Waals surface area contributed by atoms with E-state index >= 15 is 0 Å². The van der Waals surface area contributed by atoms with Crippen molar-refractivity contribution in [1.82, 2.24) is 9.36 Å². The highest BCUT2D eigenvalue weighted by Gasteiger charge is 2.12. The molecule has 0 aromatic carbocycles. The van der Waals surface area contributed by atoms with Crippen molar-refractivity contribution in [2.24, 2.45) is 0 Å². The third kappa shape index (κ3) is 2.15. The molecule has 68 valence electrons.